The number of nitrogens with two attached hydrogens (primary N) is 1. The molecule has 1 aliphatic heterocycles. The van der Waals surface area contributed by atoms with Gasteiger partial charge in [0.15, 0.2) is 0 Å². The van der Waals surface area contributed by atoms with Gasteiger partial charge in [0.2, 0.25) is 0 Å². The van der Waals surface area contributed by atoms with Crippen molar-refractivity contribution in [2.24, 2.45) is 11.1 Å². The van der Waals surface area contributed by atoms with E-state index >= 15 is 0 Å². The third-order valence-electron chi connectivity index (χ3n) is 2.90. The van der Waals surface area contributed by atoms with Crippen molar-refractivity contribution < 1.29 is 17.9 Å². The van der Waals surface area contributed by atoms with Crippen LogP contribution in [-0.4, -0.2) is 51.0 Å². The summed E-state index contributed by atoms with van der Waals surface area (Å²) in [5.41, 5.74) is 3.63. The number of nitrogens with zero attached hydrogens (tertiary/aromatic N) is 1. The molecule has 0 aromatic carbocycles. The Morgan fingerprint density at radius 2 is 2.13 bits per heavy atom. The molecule has 0 aromatic rings. The molecular formula is C9H17F3N2O. The van der Waals surface area contributed by atoms with E-state index in [9.17, 15) is 13.2 Å². The molecule has 3 nitrogen and oxygen atoms in total. The summed E-state index contributed by atoms with van der Waals surface area (Å²) in [5, 5.41) is 0. The van der Waals surface area contributed by atoms with Crippen molar-refractivity contribution in [2.75, 3.05) is 39.9 Å². The van der Waals surface area contributed by atoms with Crippen molar-refractivity contribution >= 4 is 0 Å². The van der Waals surface area contributed by atoms with Gasteiger partial charge in [-0.05, 0) is 13.0 Å². The first kappa shape index (κ1) is 12.7. The maximum Gasteiger partial charge on any atom is 0.397 e. The molecule has 0 amide bonds. The standard InChI is InChI=1S/C9H17F3N2O/c1-15-7-8(9(10,11)12)2-4-14(6-8)5-3-13/h2-7,13H2,1H3/t8-/m1/s1. The number of likely N-dealkylation sites (tertiary alicyclic amines) is 1. The lowest BCUT2D eigenvalue weighted by molar-refractivity contribution is -0.233. The molecule has 1 aliphatic rings. The van der Waals surface area contributed by atoms with E-state index in [-0.39, 0.29) is 19.6 Å². The molecule has 0 spiro atoms. The molecule has 0 radical (unpaired) electrons. The highest BCUT2D eigenvalue weighted by Gasteiger charge is 2.57. The predicted molar refractivity (Wildman–Crippen MR) is 50.5 cm³/mol. The van der Waals surface area contributed by atoms with Crippen LogP contribution in [0, 0.1) is 5.41 Å². The zero-order chi connectivity index (χ0) is 11.5. The number of methoxy groups -OCH3 is 1. The normalized spacial score (nSPS) is 28.6. The lowest BCUT2D eigenvalue weighted by Crippen LogP contribution is -2.44. The monoisotopic (exact) mass is 226 g/mol. The highest BCUT2D eigenvalue weighted by molar-refractivity contribution is 4.95. The molecule has 1 fully saturated rings. The van der Waals surface area contributed by atoms with E-state index in [1.807, 2.05) is 0 Å². The predicted octanol–water partition coefficient (Wildman–Crippen LogP) is 0.846. The van der Waals surface area contributed by atoms with Crippen LogP contribution in [0.3, 0.4) is 0 Å². The molecule has 0 bridgehead atoms. The summed E-state index contributed by atoms with van der Waals surface area (Å²) in [4.78, 5) is 1.74. The Morgan fingerprint density at radius 1 is 1.47 bits per heavy atom. The fraction of sp³-hybridized carbons (Fsp3) is 1.00. The Bertz CT molecular complexity index is 210. The number of hydrogen-bond acceptors (Lipinski definition) is 3. The first-order valence-corrected chi connectivity index (χ1v) is 4.93. The van der Waals surface area contributed by atoms with Gasteiger partial charge in [-0.3, -0.25) is 0 Å². The van der Waals surface area contributed by atoms with Crippen molar-refractivity contribution in [3.8, 4) is 0 Å². The van der Waals surface area contributed by atoms with Crippen molar-refractivity contribution in [2.45, 2.75) is 12.6 Å². The topological polar surface area (TPSA) is 38.5 Å². The summed E-state index contributed by atoms with van der Waals surface area (Å²) in [6.07, 6.45) is -4.10. The number of alkyl halides is 3. The van der Waals surface area contributed by atoms with Crippen molar-refractivity contribution in [3.05, 3.63) is 0 Å². The maximum absolute atomic E-state index is 12.9. The lowest BCUT2D eigenvalue weighted by Gasteiger charge is -2.31. The number of hydrogen-bond donors (Lipinski definition) is 1. The van der Waals surface area contributed by atoms with Gasteiger partial charge < -0.3 is 15.4 Å². The molecule has 6 heteroatoms. The third-order valence-corrected chi connectivity index (χ3v) is 2.90. The van der Waals surface area contributed by atoms with Crippen LogP contribution >= 0.6 is 0 Å². The minimum Gasteiger partial charge on any atom is -0.384 e. The summed E-state index contributed by atoms with van der Waals surface area (Å²) in [7, 11) is 1.30. The lowest BCUT2D eigenvalue weighted by atomic mass is 9.87. The minimum absolute atomic E-state index is 0.00153. The van der Waals surface area contributed by atoms with E-state index in [4.69, 9.17) is 10.5 Å². The molecule has 0 saturated carbocycles. The molecule has 90 valence electrons. The van der Waals surface area contributed by atoms with Crippen molar-refractivity contribution in [1.82, 2.24) is 4.90 Å². The molecule has 1 heterocycles. The SMILES string of the molecule is COC[C@@]1(C(F)(F)F)CCN(CCN)C1. The molecule has 0 unspecified atom stereocenters. The van der Waals surface area contributed by atoms with E-state index in [0.717, 1.165) is 0 Å². The second-order valence-electron chi connectivity index (χ2n) is 4.03. The minimum atomic E-state index is -4.20. The van der Waals surface area contributed by atoms with Crippen LogP contribution in [0.1, 0.15) is 6.42 Å². The van der Waals surface area contributed by atoms with Crippen molar-refractivity contribution in [1.29, 1.82) is 0 Å². The summed E-state index contributed by atoms with van der Waals surface area (Å²) in [6.45, 7) is 1.08. The highest BCUT2D eigenvalue weighted by atomic mass is 19.4. The third kappa shape index (κ3) is 2.62. The van der Waals surface area contributed by atoms with Crippen LogP contribution in [0.4, 0.5) is 13.2 Å². The van der Waals surface area contributed by atoms with Crippen LogP contribution in [0.5, 0.6) is 0 Å². The van der Waals surface area contributed by atoms with Gasteiger partial charge in [-0.25, -0.2) is 0 Å². The quantitative estimate of drug-likeness (QED) is 0.772. The molecular weight excluding hydrogens is 209 g/mol. The van der Waals surface area contributed by atoms with Crippen molar-refractivity contribution in [3.63, 3.8) is 0 Å². The molecule has 15 heavy (non-hydrogen) atoms. The first-order valence-electron chi connectivity index (χ1n) is 4.93. The van der Waals surface area contributed by atoms with E-state index in [0.29, 0.717) is 19.6 Å². The van der Waals surface area contributed by atoms with E-state index < -0.39 is 11.6 Å². The number of halogens is 3. The van der Waals surface area contributed by atoms with E-state index in [1.54, 1.807) is 4.90 Å². The zero-order valence-corrected chi connectivity index (χ0v) is 8.81. The van der Waals surface area contributed by atoms with Crippen LogP contribution in [0.25, 0.3) is 0 Å². The average Bonchev–Trinajstić information content (AvgIpc) is 2.50. The van der Waals surface area contributed by atoms with Gasteiger partial charge in [0.25, 0.3) is 0 Å². The number of rotatable bonds is 4. The second-order valence-corrected chi connectivity index (χ2v) is 4.03. The van der Waals surface area contributed by atoms with Crippen LogP contribution < -0.4 is 5.73 Å². The number of ether oxygens (including phenoxy) is 1. The van der Waals surface area contributed by atoms with Gasteiger partial charge in [0, 0.05) is 26.7 Å². The first-order chi connectivity index (χ1) is 6.95. The van der Waals surface area contributed by atoms with E-state index in [2.05, 4.69) is 0 Å². The second kappa shape index (κ2) is 4.67. The van der Waals surface area contributed by atoms with Gasteiger partial charge >= 0.3 is 6.18 Å². The van der Waals surface area contributed by atoms with Crippen LogP contribution in [0.15, 0.2) is 0 Å². The zero-order valence-electron chi connectivity index (χ0n) is 8.81. The maximum atomic E-state index is 12.9. The Kier molecular flexibility index (Phi) is 3.97. The van der Waals surface area contributed by atoms with Gasteiger partial charge in [-0.15, -0.1) is 0 Å². The van der Waals surface area contributed by atoms with Gasteiger partial charge in [0.1, 0.15) is 5.41 Å². The van der Waals surface area contributed by atoms with Gasteiger partial charge in [-0.2, -0.15) is 13.2 Å². The highest BCUT2D eigenvalue weighted by Crippen LogP contribution is 2.45. The Labute approximate surface area is 87.4 Å². The molecule has 2 N–H and O–H groups in total. The summed E-state index contributed by atoms with van der Waals surface area (Å²) >= 11 is 0. The average molecular weight is 226 g/mol. The fourth-order valence-corrected chi connectivity index (χ4v) is 2.04. The summed E-state index contributed by atoms with van der Waals surface area (Å²) in [5.74, 6) is 0. The molecule has 1 saturated heterocycles. The Hall–Kier alpha value is -0.330. The van der Waals surface area contributed by atoms with E-state index in [1.165, 1.54) is 7.11 Å². The molecule has 0 aromatic heterocycles. The molecule has 1 rings (SSSR count). The van der Waals surface area contributed by atoms with Crippen LogP contribution in [0.2, 0.25) is 0 Å². The molecule has 1 atom stereocenters. The Morgan fingerprint density at radius 3 is 2.60 bits per heavy atom. The fourth-order valence-electron chi connectivity index (χ4n) is 2.04. The Balaban J connectivity index is 2.69. The smallest absolute Gasteiger partial charge is 0.384 e. The molecule has 0 aliphatic carbocycles. The van der Waals surface area contributed by atoms with Gasteiger partial charge in [0.05, 0.1) is 6.61 Å². The largest absolute Gasteiger partial charge is 0.397 e. The summed E-state index contributed by atoms with van der Waals surface area (Å²) < 4.78 is 43.3. The summed E-state index contributed by atoms with van der Waals surface area (Å²) in [6, 6.07) is 0. The van der Waals surface area contributed by atoms with Crippen LogP contribution in [-0.2, 0) is 4.74 Å². The van der Waals surface area contributed by atoms with Gasteiger partial charge in [-0.1, -0.05) is 0 Å².